The molecule has 7 heteroatoms. The van der Waals surface area contributed by atoms with Crippen molar-refractivity contribution < 1.29 is 13.9 Å². The van der Waals surface area contributed by atoms with Crippen LogP contribution in [0.15, 0.2) is 29.8 Å². The van der Waals surface area contributed by atoms with Crippen molar-refractivity contribution >= 4 is 16.3 Å². The number of halogens is 2. The lowest BCUT2D eigenvalue weighted by atomic mass is 9.95. The molecule has 4 nitrogen and oxygen atoms in total. The summed E-state index contributed by atoms with van der Waals surface area (Å²) in [6.07, 6.45) is 4.32. The van der Waals surface area contributed by atoms with Crippen LogP contribution in [0.1, 0.15) is 42.6 Å². The standard InChI is InChI=1S/C18H19F2N3OS/c1-18(24,13-5-4-12(19)8-14(13)20)10-21-9-15-16(11-2-3-11)22-17-23(15)6-7-25-17/h4-8,11,21,24H,2-3,9-10H2,1H3. The van der Waals surface area contributed by atoms with Crippen molar-refractivity contribution in [2.45, 2.75) is 37.8 Å². The molecular formula is C18H19F2N3OS. The molecule has 1 atom stereocenters. The molecule has 1 unspecified atom stereocenters. The van der Waals surface area contributed by atoms with Crippen LogP contribution in [-0.4, -0.2) is 21.0 Å². The van der Waals surface area contributed by atoms with Crippen LogP contribution >= 0.6 is 11.3 Å². The van der Waals surface area contributed by atoms with E-state index in [2.05, 4.69) is 9.72 Å². The number of aliphatic hydroxyl groups is 1. The van der Waals surface area contributed by atoms with E-state index in [1.165, 1.54) is 13.0 Å². The lowest BCUT2D eigenvalue weighted by Crippen LogP contribution is -2.36. The molecule has 0 aliphatic heterocycles. The Morgan fingerprint density at radius 2 is 2.20 bits per heavy atom. The lowest BCUT2D eigenvalue weighted by Gasteiger charge is -2.25. The van der Waals surface area contributed by atoms with E-state index in [4.69, 9.17) is 4.98 Å². The van der Waals surface area contributed by atoms with Gasteiger partial charge in [-0.2, -0.15) is 0 Å². The molecule has 2 aromatic heterocycles. The van der Waals surface area contributed by atoms with Crippen LogP contribution in [0.2, 0.25) is 0 Å². The summed E-state index contributed by atoms with van der Waals surface area (Å²) in [5.74, 6) is -0.868. The van der Waals surface area contributed by atoms with Gasteiger partial charge in [-0.15, -0.1) is 11.3 Å². The number of nitrogens with zero attached hydrogens (tertiary/aromatic N) is 2. The second-order valence-corrected chi connectivity index (χ2v) is 7.65. The summed E-state index contributed by atoms with van der Waals surface area (Å²) < 4.78 is 29.1. The zero-order valence-corrected chi connectivity index (χ0v) is 14.6. The van der Waals surface area contributed by atoms with Gasteiger partial charge in [0.05, 0.1) is 11.4 Å². The number of benzene rings is 1. The molecule has 0 bridgehead atoms. The first-order valence-electron chi connectivity index (χ1n) is 8.28. The van der Waals surface area contributed by atoms with Gasteiger partial charge in [0.2, 0.25) is 0 Å². The molecule has 0 saturated heterocycles. The summed E-state index contributed by atoms with van der Waals surface area (Å²) in [6.45, 7) is 2.20. The fourth-order valence-electron chi connectivity index (χ4n) is 3.15. The molecule has 0 spiro atoms. The molecule has 1 fully saturated rings. The van der Waals surface area contributed by atoms with Gasteiger partial charge >= 0.3 is 0 Å². The molecule has 2 heterocycles. The maximum atomic E-state index is 14.0. The minimum Gasteiger partial charge on any atom is -0.384 e. The van der Waals surface area contributed by atoms with Crippen LogP contribution in [0.5, 0.6) is 0 Å². The third-order valence-electron chi connectivity index (χ3n) is 4.63. The van der Waals surface area contributed by atoms with E-state index in [1.54, 1.807) is 11.3 Å². The Balaban J connectivity index is 1.50. The average molecular weight is 363 g/mol. The first-order chi connectivity index (χ1) is 12.0. The Bertz CT molecular complexity index is 914. The van der Waals surface area contributed by atoms with E-state index < -0.39 is 17.2 Å². The van der Waals surface area contributed by atoms with Crippen molar-refractivity contribution in [1.29, 1.82) is 0 Å². The number of nitrogens with one attached hydrogen (secondary N) is 1. The Kier molecular flexibility index (Phi) is 4.10. The predicted molar refractivity (Wildman–Crippen MR) is 92.7 cm³/mol. The van der Waals surface area contributed by atoms with Gasteiger partial charge < -0.3 is 10.4 Å². The summed E-state index contributed by atoms with van der Waals surface area (Å²) in [5, 5.41) is 15.8. The van der Waals surface area contributed by atoms with Gasteiger partial charge in [0.1, 0.15) is 17.2 Å². The molecule has 1 aromatic carbocycles. The maximum Gasteiger partial charge on any atom is 0.194 e. The largest absolute Gasteiger partial charge is 0.384 e. The molecule has 1 saturated carbocycles. The molecule has 25 heavy (non-hydrogen) atoms. The number of imidazole rings is 1. The van der Waals surface area contributed by atoms with Gasteiger partial charge in [-0.3, -0.25) is 4.40 Å². The fraction of sp³-hybridized carbons (Fsp3) is 0.389. The monoisotopic (exact) mass is 363 g/mol. The maximum absolute atomic E-state index is 14.0. The summed E-state index contributed by atoms with van der Waals surface area (Å²) >= 11 is 1.60. The second-order valence-electron chi connectivity index (χ2n) is 6.78. The third-order valence-corrected chi connectivity index (χ3v) is 5.39. The van der Waals surface area contributed by atoms with Gasteiger partial charge in [-0.1, -0.05) is 6.07 Å². The van der Waals surface area contributed by atoms with E-state index >= 15 is 0 Å². The van der Waals surface area contributed by atoms with E-state index in [0.29, 0.717) is 12.5 Å². The third kappa shape index (κ3) is 3.19. The second kappa shape index (κ2) is 6.16. The highest BCUT2D eigenvalue weighted by Crippen LogP contribution is 2.41. The smallest absolute Gasteiger partial charge is 0.194 e. The Morgan fingerprint density at radius 3 is 2.92 bits per heavy atom. The topological polar surface area (TPSA) is 49.6 Å². The zero-order valence-electron chi connectivity index (χ0n) is 13.8. The van der Waals surface area contributed by atoms with E-state index in [9.17, 15) is 13.9 Å². The van der Waals surface area contributed by atoms with Crippen LogP contribution < -0.4 is 5.32 Å². The highest BCUT2D eigenvalue weighted by Gasteiger charge is 2.31. The molecule has 1 aliphatic carbocycles. The van der Waals surface area contributed by atoms with Gasteiger partial charge in [-0.25, -0.2) is 13.8 Å². The van der Waals surface area contributed by atoms with Crippen molar-refractivity contribution in [3.05, 3.63) is 58.4 Å². The number of rotatable bonds is 6. The van der Waals surface area contributed by atoms with Crippen molar-refractivity contribution in [2.75, 3.05) is 6.54 Å². The Hall–Kier alpha value is -1.83. The number of aromatic nitrogens is 2. The molecule has 0 amide bonds. The summed E-state index contributed by atoms with van der Waals surface area (Å²) in [5.41, 5.74) is 0.856. The van der Waals surface area contributed by atoms with E-state index in [-0.39, 0.29) is 12.1 Å². The predicted octanol–water partition coefficient (Wildman–Crippen LogP) is 3.55. The highest BCUT2D eigenvalue weighted by molar-refractivity contribution is 7.15. The quantitative estimate of drug-likeness (QED) is 0.704. The summed E-state index contributed by atoms with van der Waals surface area (Å²) in [4.78, 5) is 5.68. The van der Waals surface area contributed by atoms with Gasteiger partial charge in [0, 0.05) is 42.2 Å². The van der Waals surface area contributed by atoms with Crippen LogP contribution in [-0.2, 0) is 12.1 Å². The first kappa shape index (κ1) is 16.6. The molecule has 1 aliphatic rings. The Labute approximate surface area is 148 Å². The Morgan fingerprint density at radius 1 is 1.40 bits per heavy atom. The minimum atomic E-state index is -1.43. The summed E-state index contributed by atoms with van der Waals surface area (Å²) in [7, 11) is 0. The van der Waals surface area contributed by atoms with Gasteiger partial charge in [0.25, 0.3) is 0 Å². The highest BCUT2D eigenvalue weighted by atomic mass is 32.1. The van der Waals surface area contributed by atoms with Crippen LogP contribution in [0.3, 0.4) is 0 Å². The van der Waals surface area contributed by atoms with E-state index in [0.717, 1.165) is 41.3 Å². The lowest BCUT2D eigenvalue weighted by molar-refractivity contribution is 0.0527. The van der Waals surface area contributed by atoms with Crippen molar-refractivity contribution in [3.8, 4) is 0 Å². The molecule has 132 valence electrons. The number of hydrogen-bond acceptors (Lipinski definition) is 4. The molecule has 4 rings (SSSR count). The number of hydrogen-bond donors (Lipinski definition) is 2. The molecule has 2 N–H and O–H groups in total. The minimum absolute atomic E-state index is 0.0813. The van der Waals surface area contributed by atoms with Crippen molar-refractivity contribution in [2.24, 2.45) is 0 Å². The van der Waals surface area contributed by atoms with E-state index in [1.807, 2.05) is 11.6 Å². The zero-order chi connectivity index (χ0) is 17.6. The van der Waals surface area contributed by atoms with Gasteiger partial charge in [-0.05, 0) is 25.8 Å². The molecular weight excluding hydrogens is 344 g/mol. The first-order valence-corrected chi connectivity index (χ1v) is 9.16. The average Bonchev–Trinajstić information content (AvgIpc) is 3.18. The van der Waals surface area contributed by atoms with Crippen LogP contribution in [0, 0.1) is 11.6 Å². The van der Waals surface area contributed by atoms with Crippen molar-refractivity contribution in [3.63, 3.8) is 0 Å². The SMILES string of the molecule is CC(O)(CNCc1c(C2CC2)nc2sccn12)c1ccc(F)cc1F. The fourth-order valence-corrected chi connectivity index (χ4v) is 3.89. The molecule has 0 radical (unpaired) electrons. The number of thiazole rings is 1. The summed E-state index contributed by atoms with van der Waals surface area (Å²) in [6, 6.07) is 3.24. The van der Waals surface area contributed by atoms with Gasteiger partial charge in [0.15, 0.2) is 4.96 Å². The molecule has 3 aromatic rings. The van der Waals surface area contributed by atoms with Crippen molar-refractivity contribution in [1.82, 2.24) is 14.7 Å². The number of fused-ring (bicyclic) bond motifs is 1. The van der Waals surface area contributed by atoms with Crippen LogP contribution in [0.4, 0.5) is 8.78 Å². The van der Waals surface area contributed by atoms with Crippen LogP contribution in [0.25, 0.3) is 4.96 Å². The normalized spacial score (nSPS) is 17.1.